The molecule has 1 aliphatic carbocycles. The molecule has 1 saturated carbocycles. The van der Waals surface area contributed by atoms with E-state index in [1.165, 1.54) is 57.3 Å². The van der Waals surface area contributed by atoms with E-state index in [2.05, 4.69) is 40.9 Å². The molecule has 0 spiro atoms. The molecule has 2 aliphatic rings. The Labute approximate surface area is 133 Å². The quantitative estimate of drug-likeness (QED) is 0.879. The topological polar surface area (TPSA) is 15.3 Å². The van der Waals surface area contributed by atoms with Gasteiger partial charge in [0.05, 0.1) is 0 Å². The van der Waals surface area contributed by atoms with Crippen molar-refractivity contribution in [2.75, 3.05) is 18.0 Å². The van der Waals surface area contributed by atoms with Crippen LogP contribution in [0.3, 0.4) is 0 Å². The van der Waals surface area contributed by atoms with Crippen LogP contribution in [0.5, 0.6) is 0 Å². The second-order valence-corrected chi connectivity index (χ2v) is 8.10. The van der Waals surface area contributed by atoms with Gasteiger partial charge in [0.2, 0.25) is 0 Å². The van der Waals surface area contributed by atoms with Gasteiger partial charge < -0.3 is 10.2 Å². The lowest BCUT2D eigenvalue weighted by Gasteiger charge is -2.42. The number of nitrogens with zero attached hydrogens (tertiary/aromatic N) is 1. The molecule has 1 aromatic heterocycles. The molecular formula is C18H30N2S. The highest BCUT2D eigenvalue weighted by Gasteiger charge is 2.30. The standard InChI is InChI=1S/C18H30N2S/c1-14(2)15-10-17(19-16-6-4-3-5-7-16)12-20(11-15)18-8-9-21-13-18/h8-9,13-17,19H,3-7,10-12H2,1-2H3. The van der Waals surface area contributed by atoms with Crippen molar-refractivity contribution in [2.45, 2.75) is 64.5 Å². The first-order valence-electron chi connectivity index (χ1n) is 8.75. The van der Waals surface area contributed by atoms with Gasteiger partial charge in [-0.1, -0.05) is 33.1 Å². The van der Waals surface area contributed by atoms with Crippen molar-refractivity contribution >= 4 is 17.0 Å². The van der Waals surface area contributed by atoms with Crippen LogP contribution in [0.4, 0.5) is 5.69 Å². The van der Waals surface area contributed by atoms with E-state index in [4.69, 9.17) is 0 Å². The minimum Gasteiger partial charge on any atom is -0.369 e. The first-order chi connectivity index (χ1) is 10.2. The fourth-order valence-corrected chi connectivity index (χ4v) is 4.66. The summed E-state index contributed by atoms with van der Waals surface area (Å²) in [5, 5.41) is 8.51. The fraction of sp³-hybridized carbons (Fsp3) is 0.778. The van der Waals surface area contributed by atoms with Crippen molar-refractivity contribution in [2.24, 2.45) is 11.8 Å². The number of rotatable bonds is 4. The smallest absolute Gasteiger partial charge is 0.0475 e. The molecule has 1 saturated heterocycles. The number of hydrogen-bond donors (Lipinski definition) is 1. The van der Waals surface area contributed by atoms with Crippen LogP contribution >= 0.6 is 11.3 Å². The molecular weight excluding hydrogens is 276 g/mol. The van der Waals surface area contributed by atoms with Crippen LogP contribution in [0.2, 0.25) is 0 Å². The highest BCUT2D eigenvalue weighted by atomic mass is 32.1. The lowest BCUT2D eigenvalue weighted by Crippen LogP contribution is -2.53. The normalized spacial score (nSPS) is 28.2. The number of anilines is 1. The number of thiophene rings is 1. The molecule has 3 rings (SSSR count). The van der Waals surface area contributed by atoms with Crippen molar-refractivity contribution in [3.63, 3.8) is 0 Å². The van der Waals surface area contributed by atoms with Gasteiger partial charge in [0.25, 0.3) is 0 Å². The van der Waals surface area contributed by atoms with Gasteiger partial charge in [-0.05, 0) is 42.5 Å². The third-order valence-electron chi connectivity index (χ3n) is 5.37. The summed E-state index contributed by atoms with van der Waals surface area (Å²) in [6.07, 6.45) is 8.42. The zero-order valence-corrected chi connectivity index (χ0v) is 14.4. The monoisotopic (exact) mass is 306 g/mol. The number of nitrogens with one attached hydrogen (secondary N) is 1. The molecule has 2 nitrogen and oxygen atoms in total. The molecule has 0 amide bonds. The predicted octanol–water partition coefficient (Wildman–Crippen LogP) is 4.52. The summed E-state index contributed by atoms with van der Waals surface area (Å²) in [4.78, 5) is 2.62. The minimum absolute atomic E-state index is 0.675. The second kappa shape index (κ2) is 7.15. The second-order valence-electron chi connectivity index (χ2n) is 7.32. The third kappa shape index (κ3) is 4.01. The van der Waals surface area contributed by atoms with Gasteiger partial charge in [0.1, 0.15) is 0 Å². The molecule has 2 unspecified atom stereocenters. The van der Waals surface area contributed by atoms with Crippen LogP contribution in [0.15, 0.2) is 16.8 Å². The number of piperidine rings is 1. The Morgan fingerprint density at radius 2 is 1.95 bits per heavy atom. The maximum atomic E-state index is 4.00. The van der Waals surface area contributed by atoms with Gasteiger partial charge in [-0.2, -0.15) is 11.3 Å². The van der Waals surface area contributed by atoms with Crippen LogP contribution in [-0.4, -0.2) is 25.2 Å². The maximum Gasteiger partial charge on any atom is 0.0475 e. The van der Waals surface area contributed by atoms with Crippen molar-refractivity contribution in [1.29, 1.82) is 0 Å². The summed E-state index contributed by atoms with van der Waals surface area (Å²) >= 11 is 1.82. The number of hydrogen-bond acceptors (Lipinski definition) is 3. The average Bonchev–Trinajstić information content (AvgIpc) is 3.02. The van der Waals surface area contributed by atoms with Crippen molar-refractivity contribution in [3.05, 3.63) is 16.8 Å². The molecule has 2 heterocycles. The lowest BCUT2D eigenvalue weighted by molar-refractivity contribution is 0.242. The Morgan fingerprint density at radius 3 is 2.62 bits per heavy atom. The van der Waals surface area contributed by atoms with Crippen LogP contribution in [0.1, 0.15) is 52.4 Å². The molecule has 21 heavy (non-hydrogen) atoms. The molecule has 3 heteroatoms. The summed E-state index contributed by atoms with van der Waals surface area (Å²) < 4.78 is 0. The Kier molecular flexibility index (Phi) is 5.23. The lowest BCUT2D eigenvalue weighted by atomic mass is 9.84. The predicted molar refractivity (Wildman–Crippen MR) is 93.3 cm³/mol. The summed E-state index contributed by atoms with van der Waals surface area (Å²) in [6, 6.07) is 3.73. The summed E-state index contributed by atoms with van der Waals surface area (Å²) in [6.45, 7) is 7.20. The Hall–Kier alpha value is -0.540. The zero-order chi connectivity index (χ0) is 14.7. The molecule has 2 atom stereocenters. The van der Waals surface area contributed by atoms with Crippen molar-refractivity contribution in [3.8, 4) is 0 Å². The summed E-state index contributed by atoms with van der Waals surface area (Å²) in [5.74, 6) is 1.60. The van der Waals surface area contributed by atoms with Crippen molar-refractivity contribution in [1.82, 2.24) is 5.32 Å². The van der Waals surface area contributed by atoms with Crippen LogP contribution in [0.25, 0.3) is 0 Å². The average molecular weight is 307 g/mol. The van der Waals surface area contributed by atoms with Crippen LogP contribution < -0.4 is 10.2 Å². The zero-order valence-electron chi connectivity index (χ0n) is 13.6. The highest BCUT2D eigenvalue weighted by Crippen LogP contribution is 2.30. The van der Waals surface area contributed by atoms with E-state index in [0.717, 1.165) is 17.9 Å². The SMILES string of the molecule is CC(C)C1CC(NC2CCCCC2)CN(c2ccsc2)C1. The Balaban J connectivity index is 1.64. The fourth-order valence-electron chi connectivity index (χ4n) is 3.99. The van der Waals surface area contributed by atoms with Gasteiger partial charge in [-0.15, -0.1) is 0 Å². The van der Waals surface area contributed by atoms with Crippen LogP contribution in [0, 0.1) is 11.8 Å². The Bertz CT molecular complexity index is 409. The minimum atomic E-state index is 0.675. The molecule has 0 bridgehead atoms. The van der Waals surface area contributed by atoms with Gasteiger partial charge in [-0.3, -0.25) is 0 Å². The summed E-state index contributed by atoms with van der Waals surface area (Å²) in [5.41, 5.74) is 1.43. The van der Waals surface area contributed by atoms with E-state index >= 15 is 0 Å². The van der Waals surface area contributed by atoms with Crippen molar-refractivity contribution < 1.29 is 0 Å². The maximum absolute atomic E-state index is 4.00. The van der Waals surface area contributed by atoms with Gasteiger partial charge in [0, 0.05) is 36.2 Å². The van der Waals surface area contributed by atoms with E-state index in [1.807, 2.05) is 11.3 Å². The van der Waals surface area contributed by atoms with Crippen LogP contribution in [-0.2, 0) is 0 Å². The van der Waals surface area contributed by atoms with E-state index in [1.54, 1.807) is 0 Å². The first kappa shape index (κ1) is 15.4. The molecule has 1 aromatic rings. The van der Waals surface area contributed by atoms with E-state index in [-0.39, 0.29) is 0 Å². The molecule has 2 fully saturated rings. The molecule has 1 N–H and O–H groups in total. The molecule has 1 aliphatic heterocycles. The highest BCUT2D eigenvalue weighted by molar-refractivity contribution is 7.08. The molecule has 0 aromatic carbocycles. The van der Waals surface area contributed by atoms with E-state index < -0.39 is 0 Å². The molecule has 0 radical (unpaired) electrons. The van der Waals surface area contributed by atoms with Gasteiger partial charge >= 0.3 is 0 Å². The molecule has 118 valence electrons. The van der Waals surface area contributed by atoms with E-state index in [0.29, 0.717) is 6.04 Å². The third-order valence-corrected chi connectivity index (χ3v) is 6.04. The van der Waals surface area contributed by atoms with Gasteiger partial charge in [-0.25, -0.2) is 0 Å². The van der Waals surface area contributed by atoms with Gasteiger partial charge in [0.15, 0.2) is 0 Å². The van der Waals surface area contributed by atoms with E-state index in [9.17, 15) is 0 Å². The largest absolute Gasteiger partial charge is 0.369 e. The summed E-state index contributed by atoms with van der Waals surface area (Å²) in [7, 11) is 0. The first-order valence-corrected chi connectivity index (χ1v) is 9.70. The Morgan fingerprint density at radius 1 is 1.14 bits per heavy atom.